The zero-order chi connectivity index (χ0) is 17.1. The molecule has 2 aromatic heterocycles. The van der Waals surface area contributed by atoms with Crippen molar-refractivity contribution in [3.8, 4) is 5.75 Å². The van der Waals surface area contributed by atoms with E-state index < -0.39 is 0 Å². The van der Waals surface area contributed by atoms with E-state index in [1.807, 2.05) is 22.8 Å². The normalized spacial score (nSPS) is 21.8. The number of rotatable bonds is 4. The van der Waals surface area contributed by atoms with Crippen molar-refractivity contribution in [1.82, 2.24) is 14.5 Å². The lowest BCUT2D eigenvalue weighted by molar-refractivity contribution is -0.0710. The number of hydrogen-bond donors (Lipinski definition) is 1. The van der Waals surface area contributed by atoms with Crippen LogP contribution in [-0.4, -0.2) is 44.9 Å². The van der Waals surface area contributed by atoms with Gasteiger partial charge in [0, 0.05) is 37.6 Å². The standard InChI is InChI=1S/C18H23N3O3/c1-13-8-20(9-14(2)24-13)11-16-7-17(22)18(23)12-21(16)10-15-5-3-4-6-19-15/h3-7,12-14,23H,8-11H2,1-2H3. The molecule has 1 N–H and O–H groups in total. The molecule has 0 radical (unpaired) electrons. The number of aromatic hydroxyl groups is 1. The average Bonchev–Trinajstić information content (AvgIpc) is 2.52. The van der Waals surface area contributed by atoms with Crippen LogP contribution in [0.5, 0.6) is 5.75 Å². The fourth-order valence-electron chi connectivity index (χ4n) is 3.19. The summed E-state index contributed by atoms with van der Waals surface area (Å²) in [6.45, 7) is 6.91. The minimum atomic E-state index is -0.350. The fourth-order valence-corrected chi connectivity index (χ4v) is 3.19. The summed E-state index contributed by atoms with van der Waals surface area (Å²) in [5.41, 5.74) is 1.40. The van der Waals surface area contributed by atoms with Gasteiger partial charge in [-0.15, -0.1) is 0 Å². The van der Waals surface area contributed by atoms with Gasteiger partial charge in [0.05, 0.1) is 30.6 Å². The smallest absolute Gasteiger partial charge is 0.223 e. The van der Waals surface area contributed by atoms with Crippen LogP contribution in [-0.2, 0) is 17.8 Å². The molecule has 0 aliphatic carbocycles. The van der Waals surface area contributed by atoms with Crippen molar-refractivity contribution in [2.75, 3.05) is 13.1 Å². The monoisotopic (exact) mass is 329 g/mol. The molecule has 2 unspecified atom stereocenters. The number of nitrogens with zero attached hydrogens (tertiary/aromatic N) is 3. The van der Waals surface area contributed by atoms with Crippen molar-refractivity contribution in [3.63, 3.8) is 0 Å². The first kappa shape index (κ1) is 16.7. The zero-order valence-corrected chi connectivity index (χ0v) is 14.1. The van der Waals surface area contributed by atoms with E-state index in [9.17, 15) is 9.90 Å². The number of aromatic nitrogens is 2. The summed E-state index contributed by atoms with van der Waals surface area (Å²) in [6, 6.07) is 7.24. The molecule has 1 aliphatic rings. The second-order valence-electron chi connectivity index (χ2n) is 6.41. The Kier molecular flexibility index (Phi) is 4.97. The van der Waals surface area contributed by atoms with Gasteiger partial charge in [0.1, 0.15) is 0 Å². The van der Waals surface area contributed by atoms with E-state index >= 15 is 0 Å². The van der Waals surface area contributed by atoms with Crippen LogP contribution in [0.3, 0.4) is 0 Å². The van der Waals surface area contributed by atoms with Gasteiger partial charge < -0.3 is 14.4 Å². The van der Waals surface area contributed by atoms with Crippen LogP contribution >= 0.6 is 0 Å². The van der Waals surface area contributed by atoms with E-state index in [2.05, 4.69) is 23.7 Å². The Balaban J connectivity index is 1.86. The van der Waals surface area contributed by atoms with E-state index in [-0.39, 0.29) is 23.4 Å². The Bertz CT molecular complexity index is 735. The molecule has 1 fully saturated rings. The molecule has 1 saturated heterocycles. The van der Waals surface area contributed by atoms with Crippen LogP contribution in [0, 0.1) is 0 Å². The minimum absolute atomic E-state index is 0.168. The predicted octanol–water partition coefficient (Wildman–Crippen LogP) is 1.61. The first-order valence-electron chi connectivity index (χ1n) is 8.21. The highest BCUT2D eigenvalue weighted by Gasteiger charge is 2.23. The highest BCUT2D eigenvalue weighted by molar-refractivity contribution is 5.21. The third-order valence-electron chi connectivity index (χ3n) is 4.14. The first-order chi connectivity index (χ1) is 11.5. The highest BCUT2D eigenvalue weighted by atomic mass is 16.5. The molecule has 2 aromatic rings. The molecule has 1 aliphatic heterocycles. The van der Waals surface area contributed by atoms with Crippen molar-refractivity contribution in [2.45, 2.75) is 39.1 Å². The maximum atomic E-state index is 11.9. The Hall–Kier alpha value is -2.18. The lowest BCUT2D eigenvalue weighted by Crippen LogP contribution is -2.45. The molecule has 6 heteroatoms. The van der Waals surface area contributed by atoms with Gasteiger partial charge in [-0.05, 0) is 26.0 Å². The van der Waals surface area contributed by atoms with Crippen LogP contribution in [0.25, 0.3) is 0 Å². The van der Waals surface area contributed by atoms with Crippen LogP contribution < -0.4 is 5.43 Å². The van der Waals surface area contributed by atoms with E-state index in [0.29, 0.717) is 13.1 Å². The largest absolute Gasteiger partial charge is 0.503 e. The maximum absolute atomic E-state index is 11.9. The van der Waals surface area contributed by atoms with Crippen LogP contribution in [0.4, 0.5) is 0 Å². The summed E-state index contributed by atoms with van der Waals surface area (Å²) in [5, 5.41) is 9.81. The van der Waals surface area contributed by atoms with Crippen molar-refractivity contribution in [3.05, 3.63) is 58.3 Å². The first-order valence-corrected chi connectivity index (χ1v) is 8.21. The Morgan fingerprint density at radius 2 is 2.00 bits per heavy atom. The zero-order valence-electron chi connectivity index (χ0n) is 14.1. The van der Waals surface area contributed by atoms with Gasteiger partial charge in [-0.3, -0.25) is 14.7 Å². The van der Waals surface area contributed by atoms with Gasteiger partial charge in [0.15, 0.2) is 5.75 Å². The van der Waals surface area contributed by atoms with E-state index in [1.54, 1.807) is 6.20 Å². The number of morpholine rings is 1. The molecule has 0 amide bonds. The van der Waals surface area contributed by atoms with Crippen molar-refractivity contribution in [1.29, 1.82) is 0 Å². The molecular formula is C18H23N3O3. The number of hydrogen-bond acceptors (Lipinski definition) is 5. The van der Waals surface area contributed by atoms with Gasteiger partial charge in [-0.2, -0.15) is 0 Å². The molecule has 0 spiro atoms. The minimum Gasteiger partial charge on any atom is -0.503 e. The number of pyridine rings is 2. The van der Waals surface area contributed by atoms with Crippen molar-refractivity contribution in [2.24, 2.45) is 0 Å². The molecule has 24 heavy (non-hydrogen) atoms. The summed E-state index contributed by atoms with van der Waals surface area (Å²) in [4.78, 5) is 18.5. The quantitative estimate of drug-likeness (QED) is 0.923. The highest BCUT2D eigenvalue weighted by Crippen LogP contribution is 2.15. The van der Waals surface area contributed by atoms with Crippen molar-refractivity contribution >= 4 is 0 Å². The molecule has 2 atom stereocenters. The van der Waals surface area contributed by atoms with Crippen LogP contribution in [0.15, 0.2) is 41.5 Å². The van der Waals surface area contributed by atoms with E-state index in [4.69, 9.17) is 4.74 Å². The van der Waals surface area contributed by atoms with Crippen LogP contribution in [0.2, 0.25) is 0 Å². The SMILES string of the molecule is CC1CN(Cc2cc(=O)c(O)cn2Cc2ccccn2)CC(C)O1. The van der Waals surface area contributed by atoms with Gasteiger partial charge >= 0.3 is 0 Å². The predicted molar refractivity (Wildman–Crippen MR) is 91.0 cm³/mol. The molecule has 0 aromatic carbocycles. The lowest BCUT2D eigenvalue weighted by atomic mass is 10.2. The van der Waals surface area contributed by atoms with Crippen LogP contribution in [0.1, 0.15) is 25.2 Å². The number of ether oxygens (including phenoxy) is 1. The lowest BCUT2D eigenvalue weighted by Gasteiger charge is -2.35. The van der Waals surface area contributed by atoms with E-state index in [0.717, 1.165) is 24.5 Å². The Morgan fingerprint density at radius 3 is 2.67 bits per heavy atom. The molecule has 3 heterocycles. The second kappa shape index (κ2) is 7.15. The third-order valence-corrected chi connectivity index (χ3v) is 4.14. The molecule has 0 bridgehead atoms. The summed E-state index contributed by atoms with van der Waals surface area (Å²) >= 11 is 0. The molecular weight excluding hydrogens is 306 g/mol. The fraction of sp³-hybridized carbons (Fsp3) is 0.444. The third kappa shape index (κ3) is 4.01. The van der Waals surface area contributed by atoms with Crippen molar-refractivity contribution < 1.29 is 9.84 Å². The summed E-state index contributed by atoms with van der Waals surface area (Å²) in [5.74, 6) is -0.238. The van der Waals surface area contributed by atoms with Gasteiger partial charge in [0.2, 0.25) is 5.43 Å². The maximum Gasteiger partial charge on any atom is 0.223 e. The topological polar surface area (TPSA) is 67.6 Å². The van der Waals surface area contributed by atoms with Gasteiger partial charge in [0.25, 0.3) is 0 Å². The van der Waals surface area contributed by atoms with E-state index in [1.165, 1.54) is 12.3 Å². The molecule has 0 saturated carbocycles. The van der Waals surface area contributed by atoms with Gasteiger partial charge in [-0.25, -0.2) is 0 Å². The summed E-state index contributed by atoms with van der Waals surface area (Å²) in [7, 11) is 0. The summed E-state index contributed by atoms with van der Waals surface area (Å²) in [6.07, 6.45) is 3.58. The average molecular weight is 329 g/mol. The van der Waals surface area contributed by atoms with Gasteiger partial charge in [-0.1, -0.05) is 6.07 Å². The second-order valence-corrected chi connectivity index (χ2v) is 6.41. The molecule has 6 nitrogen and oxygen atoms in total. The Labute approximate surface area is 141 Å². The Morgan fingerprint density at radius 1 is 1.25 bits per heavy atom. The molecule has 128 valence electrons. The summed E-state index contributed by atoms with van der Waals surface area (Å²) < 4.78 is 7.66. The molecule has 3 rings (SSSR count).